The number of nitrogens with zero attached hydrogens (tertiary/aromatic N) is 1. The smallest absolute Gasteiger partial charge is 0.272 e. The molecule has 0 bridgehead atoms. The third kappa shape index (κ3) is 8.78. The highest BCUT2D eigenvalue weighted by Gasteiger charge is 2.18. The Labute approximate surface area is 308 Å². The molecule has 0 saturated carbocycles. The van der Waals surface area contributed by atoms with Crippen LogP contribution >= 0.6 is 23.1 Å². The highest BCUT2D eigenvalue weighted by atomic mass is 32.2. The number of benzene rings is 5. The second-order valence-corrected chi connectivity index (χ2v) is 13.2. The van der Waals surface area contributed by atoms with Gasteiger partial charge < -0.3 is 30.2 Å². The first-order valence-corrected chi connectivity index (χ1v) is 17.9. The number of hydrogen-bond donors (Lipinski definition) is 3. The molecule has 52 heavy (non-hydrogen) atoms. The Morgan fingerprint density at radius 1 is 0.769 bits per heavy atom. The molecule has 0 radical (unpaired) electrons. The number of carbonyl (C=O) groups is 3. The van der Waals surface area contributed by atoms with Crippen LogP contribution in [0, 0.1) is 0 Å². The lowest BCUT2D eigenvalue weighted by Crippen LogP contribution is -2.30. The summed E-state index contributed by atoms with van der Waals surface area (Å²) in [6, 6.07) is 33.3. The van der Waals surface area contributed by atoms with E-state index in [0.717, 1.165) is 26.9 Å². The molecule has 0 aliphatic rings. The minimum Gasteiger partial charge on any atom is -0.493 e. The van der Waals surface area contributed by atoms with Crippen LogP contribution in [-0.4, -0.2) is 49.8 Å². The molecule has 0 spiro atoms. The Kier molecular flexibility index (Phi) is 11.5. The Balaban J connectivity index is 1.10. The summed E-state index contributed by atoms with van der Waals surface area (Å²) in [6.45, 7) is 0. The summed E-state index contributed by atoms with van der Waals surface area (Å²) in [5.74, 6) is 0.155. The Bertz CT molecular complexity index is 2230. The van der Waals surface area contributed by atoms with Crippen molar-refractivity contribution in [3.63, 3.8) is 0 Å². The first-order chi connectivity index (χ1) is 25.3. The highest BCUT2D eigenvalue weighted by Crippen LogP contribution is 2.39. The van der Waals surface area contributed by atoms with Gasteiger partial charge >= 0.3 is 0 Å². The molecule has 1 aromatic heterocycles. The predicted octanol–water partition coefficient (Wildman–Crippen LogP) is 8.13. The number of thioether (sulfide) groups is 1. The second kappa shape index (κ2) is 16.7. The van der Waals surface area contributed by atoms with Gasteiger partial charge in [0, 0.05) is 27.1 Å². The number of nitrogens with one attached hydrogen (secondary N) is 3. The monoisotopic (exact) mass is 730 g/mol. The first-order valence-electron chi connectivity index (χ1n) is 16.0. The fourth-order valence-electron chi connectivity index (χ4n) is 5.24. The van der Waals surface area contributed by atoms with Crippen LogP contribution in [0.5, 0.6) is 17.2 Å². The van der Waals surface area contributed by atoms with Gasteiger partial charge in [0.25, 0.3) is 11.8 Å². The molecule has 6 rings (SSSR count). The van der Waals surface area contributed by atoms with Gasteiger partial charge in [0.2, 0.25) is 11.7 Å². The van der Waals surface area contributed by atoms with Crippen molar-refractivity contribution in [2.45, 2.75) is 4.90 Å². The van der Waals surface area contributed by atoms with Crippen molar-refractivity contribution in [2.24, 2.45) is 0 Å². The number of methoxy groups -OCH3 is 3. The number of fused-ring (bicyclic) bond motifs is 1. The summed E-state index contributed by atoms with van der Waals surface area (Å²) in [5.41, 5.74) is 3.19. The van der Waals surface area contributed by atoms with Gasteiger partial charge in [-0.2, -0.15) is 0 Å². The standard InChI is InChI=1S/C40H34N4O6S2/c1-48-34-20-25(21-35(49-2)37(34)50-3)19-32(42-38(46)27-10-5-4-6-11-27)39(47)41-30-15-17-31(18-16-30)51-24-36(45)44-40-43-33(23-52-40)29-14-13-26-9-7-8-12-28(26)22-29/h4-23H,24H2,1-3H3,(H,41,47)(H,42,46)(H,43,44,45)/b32-19-. The van der Waals surface area contributed by atoms with Crippen molar-refractivity contribution >= 4 is 68.5 Å². The molecule has 0 atom stereocenters. The van der Waals surface area contributed by atoms with Crippen molar-refractivity contribution in [2.75, 3.05) is 37.7 Å². The summed E-state index contributed by atoms with van der Waals surface area (Å²) in [5, 5.41) is 13.2. The summed E-state index contributed by atoms with van der Waals surface area (Å²) < 4.78 is 16.3. The fourth-order valence-corrected chi connectivity index (χ4v) is 6.68. The molecule has 6 aromatic rings. The van der Waals surface area contributed by atoms with Crippen LogP contribution in [0.15, 0.2) is 125 Å². The van der Waals surface area contributed by atoms with E-state index in [2.05, 4.69) is 45.2 Å². The molecule has 3 N–H and O–H groups in total. The largest absolute Gasteiger partial charge is 0.493 e. The summed E-state index contributed by atoms with van der Waals surface area (Å²) in [4.78, 5) is 44.9. The summed E-state index contributed by atoms with van der Waals surface area (Å²) in [6.07, 6.45) is 1.52. The lowest BCUT2D eigenvalue weighted by molar-refractivity contribution is -0.114. The van der Waals surface area contributed by atoms with Gasteiger partial charge in [0.15, 0.2) is 16.6 Å². The van der Waals surface area contributed by atoms with Gasteiger partial charge in [-0.1, -0.05) is 54.6 Å². The average molecular weight is 731 g/mol. The number of aromatic nitrogens is 1. The van der Waals surface area contributed by atoms with Gasteiger partial charge in [-0.15, -0.1) is 23.1 Å². The van der Waals surface area contributed by atoms with E-state index in [0.29, 0.717) is 39.2 Å². The average Bonchev–Trinajstić information content (AvgIpc) is 3.65. The maximum absolute atomic E-state index is 13.6. The zero-order chi connectivity index (χ0) is 36.5. The number of thiazole rings is 1. The SMILES string of the molecule is COc1cc(/C=C(\NC(=O)c2ccccc2)C(=O)Nc2ccc(SCC(=O)Nc3nc(-c4ccc5ccccc5c4)cs3)cc2)cc(OC)c1OC. The molecule has 1 heterocycles. The first kappa shape index (κ1) is 35.7. The van der Waals surface area contributed by atoms with Crippen LogP contribution < -0.4 is 30.2 Å². The van der Waals surface area contributed by atoms with Gasteiger partial charge in [0.1, 0.15) is 5.70 Å². The third-order valence-corrected chi connectivity index (χ3v) is 9.57. The number of rotatable bonds is 13. The number of hydrogen-bond acceptors (Lipinski definition) is 9. The zero-order valence-corrected chi connectivity index (χ0v) is 30.1. The predicted molar refractivity (Wildman–Crippen MR) is 207 cm³/mol. The Morgan fingerprint density at radius 3 is 2.15 bits per heavy atom. The van der Waals surface area contributed by atoms with Gasteiger partial charge in [-0.25, -0.2) is 4.98 Å². The Hall–Kier alpha value is -6.11. The van der Waals surface area contributed by atoms with E-state index in [1.807, 2.05) is 23.6 Å². The molecule has 0 aliphatic carbocycles. The number of ether oxygens (including phenoxy) is 3. The molecule has 12 heteroatoms. The normalized spacial score (nSPS) is 11.1. The molecule has 10 nitrogen and oxygen atoms in total. The lowest BCUT2D eigenvalue weighted by atomic mass is 10.1. The summed E-state index contributed by atoms with van der Waals surface area (Å²) in [7, 11) is 4.49. The molecule has 0 aliphatic heterocycles. The molecule has 0 saturated heterocycles. The van der Waals surface area contributed by atoms with Crippen molar-refractivity contribution in [1.82, 2.24) is 10.3 Å². The molecule has 5 aromatic carbocycles. The van der Waals surface area contributed by atoms with Crippen LogP contribution in [0.2, 0.25) is 0 Å². The number of anilines is 2. The lowest BCUT2D eigenvalue weighted by Gasteiger charge is -2.15. The van der Waals surface area contributed by atoms with E-state index in [1.54, 1.807) is 66.7 Å². The Morgan fingerprint density at radius 2 is 1.46 bits per heavy atom. The molecule has 0 unspecified atom stereocenters. The van der Waals surface area contributed by atoms with Crippen LogP contribution in [0.4, 0.5) is 10.8 Å². The maximum Gasteiger partial charge on any atom is 0.272 e. The topological polar surface area (TPSA) is 128 Å². The quantitative estimate of drug-likeness (QED) is 0.0803. The minimum atomic E-state index is -0.552. The highest BCUT2D eigenvalue weighted by molar-refractivity contribution is 8.00. The van der Waals surface area contributed by atoms with Crippen LogP contribution in [0.25, 0.3) is 28.1 Å². The van der Waals surface area contributed by atoms with Crippen LogP contribution in [-0.2, 0) is 9.59 Å². The molecular formula is C40H34N4O6S2. The van der Waals surface area contributed by atoms with Crippen molar-refractivity contribution in [3.8, 4) is 28.5 Å². The van der Waals surface area contributed by atoms with Crippen molar-refractivity contribution in [3.05, 3.63) is 131 Å². The second-order valence-electron chi connectivity index (χ2n) is 11.3. The molecule has 262 valence electrons. The minimum absolute atomic E-state index is 0.00999. The van der Waals surface area contributed by atoms with E-state index in [-0.39, 0.29) is 17.4 Å². The number of carbonyl (C=O) groups excluding carboxylic acids is 3. The van der Waals surface area contributed by atoms with Gasteiger partial charge in [-0.05, 0) is 77.0 Å². The summed E-state index contributed by atoms with van der Waals surface area (Å²) >= 11 is 2.73. The van der Waals surface area contributed by atoms with E-state index in [9.17, 15) is 14.4 Å². The van der Waals surface area contributed by atoms with Gasteiger partial charge in [0.05, 0.1) is 32.8 Å². The van der Waals surface area contributed by atoms with E-state index >= 15 is 0 Å². The van der Waals surface area contributed by atoms with E-state index in [4.69, 9.17) is 14.2 Å². The van der Waals surface area contributed by atoms with Gasteiger partial charge in [-0.3, -0.25) is 14.4 Å². The number of amides is 3. The van der Waals surface area contributed by atoms with Crippen molar-refractivity contribution < 1.29 is 28.6 Å². The van der Waals surface area contributed by atoms with Crippen LogP contribution in [0.3, 0.4) is 0 Å². The van der Waals surface area contributed by atoms with E-state index in [1.165, 1.54) is 50.5 Å². The zero-order valence-electron chi connectivity index (χ0n) is 28.5. The third-order valence-electron chi connectivity index (χ3n) is 7.80. The molecule has 3 amide bonds. The van der Waals surface area contributed by atoms with Crippen molar-refractivity contribution in [1.29, 1.82) is 0 Å². The molecular weight excluding hydrogens is 697 g/mol. The fraction of sp³-hybridized carbons (Fsp3) is 0.100. The van der Waals surface area contributed by atoms with E-state index < -0.39 is 11.8 Å². The van der Waals surface area contributed by atoms with Crippen LogP contribution in [0.1, 0.15) is 15.9 Å². The molecule has 0 fully saturated rings. The maximum atomic E-state index is 13.6.